The number of anilines is 1. The van der Waals surface area contributed by atoms with Crippen LogP contribution in [-0.2, 0) is 27.4 Å². The number of hydrogen-bond donors (Lipinski definition) is 0. The number of rotatable bonds is 6. The largest absolute Gasteiger partial charge is 0.370 e. The van der Waals surface area contributed by atoms with E-state index in [0.29, 0.717) is 44.1 Å². The lowest BCUT2D eigenvalue weighted by atomic mass is 9.87. The van der Waals surface area contributed by atoms with Crippen molar-refractivity contribution in [1.82, 2.24) is 9.88 Å². The van der Waals surface area contributed by atoms with Gasteiger partial charge >= 0.3 is 0 Å². The van der Waals surface area contributed by atoms with Crippen LogP contribution in [-0.4, -0.2) is 52.9 Å². The first-order valence-electron chi connectivity index (χ1n) is 12.2. The zero-order valence-electron chi connectivity index (χ0n) is 20.6. The Morgan fingerprint density at radius 3 is 2.55 bits per heavy atom. The molecule has 2 fully saturated rings. The van der Waals surface area contributed by atoms with Gasteiger partial charge in [0.2, 0.25) is 5.91 Å². The molecule has 7 nitrogen and oxygen atoms in total. The number of carbonyl (C=O) groups is 2. The number of Topliss-reactive ketones (excluding diaryl/α,β-unsaturated/α-hetero) is 1. The molecule has 0 spiro atoms. The van der Waals surface area contributed by atoms with Gasteiger partial charge in [-0.15, -0.1) is 0 Å². The lowest BCUT2D eigenvalue weighted by Crippen LogP contribution is -2.57. The Balaban J connectivity index is 1.67. The Morgan fingerprint density at radius 1 is 1.21 bits per heavy atom. The van der Waals surface area contributed by atoms with Gasteiger partial charge in [0, 0.05) is 50.4 Å². The first-order chi connectivity index (χ1) is 15.6. The third-order valence-electron chi connectivity index (χ3n) is 7.21. The molecule has 33 heavy (non-hydrogen) atoms. The summed E-state index contributed by atoms with van der Waals surface area (Å²) in [4.78, 5) is 33.5. The fourth-order valence-corrected chi connectivity index (χ4v) is 5.13. The predicted octanol–water partition coefficient (Wildman–Crippen LogP) is 3.72. The Kier molecular flexibility index (Phi) is 6.50. The quantitative estimate of drug-likeness (QED) is 0.654. The molecule has 1 saturated heterocycles. The molecule has 7 heteroatoms. The van der Waals surface area contributed by atoms with Gasteiger partial charge in [-0.05, 0) is 45.1 Å². The predicted molar refractivity (Wildman–Crippen MR) is 126 cm³/mol. The van der Waals surface area contributed by atoms with E-state index in [0.717, 1.165) is 35.5 Å². The van der Waals surface area contributed by atoms with Crippen LogP contribution < -0.4 is 4.90 Å². The molecular formula is C26H36N4O3. The summed E-state index contributed by atoms with van der Waals surface area (Å²) in [5.74, 6) is 1.58. The van der Waals surface area contributed by atoms with E-state index in [2.05, 4.69) is 38.7 Å². The van der Waals surface area contributed by atoms with Crippen molar-refractivity contribution in [2.45, 2.75) is 90.9 Å². The third kappa shape index (κ3) is 4.91. The number of nitrogens with zero attached hydrogens (tertiary/aromatic N) is 4. The Labute approximate surface area is 197 Å². The van der Waals surface area contributed by atoms with Crippen LogP contribution in [0.1, 0.15) is 88.6 Å². The number of ether oxygens (including phenoxy) is 1. The topological polar surface area (TPSA) is 86.5 Å². The lowest BCUT2D eigenvalue weighted by Gasteiger charge is -2.44. The first-order valence-corrected chi connectivity index (χ1v) is 12.2. The Hall–Kier alpha value is -2.46. The van der Waals surface area contributed by atoms with Crippen molar-refractivity contribution in [2.75, 3.05) is 24.5 Å². The molecule has 1 aromatic heterocycles. The van der Waals surface area contributed by atoms with Crippen molar-refractivity contribution in [3.8, 4) is 6.07 Å². The zero-order chi connectivity index (χ0) is 23.9. The standard InChI is InChI=1S/C26H36N4O3/c1-16(2)22-14-29(10-11-30(22)23(32)9-6-17(3)31)25-20(13-27)19-12-26(4,5)33-15-21(19)24(28-25)18-7-8-18/h16,18,22H,6-12,14-15H2,1-5H3. The van der Waals surface area contributed by atoms with Gasteiger partial charge in [-0.25, -0.2) is 4.98 Å². The van der Waals surface area contributed by atoms with Gasteiger partial charge in [-0.2, -0.15) is 5.26 Å². The van der Waals surface area contributed by atoms with Crippen molar-refractivity contribution in [3.63, 3.8) is 0 Å². The minimum absolute atomic E-state index is 0.0201. The molecule has 2 aliphatic heterocycles. The van der Waals surface area contributed by atoms with Gasteiger partial charge in [0.15, 0.2) is 0 Å². The monoisotopic (exact) mass is 452 g/mol. The fraction of sp³-hybridized carbons (Fsp3) is 0.692. The zero-order valence-corrected chi connectivity index (χ0v) is 20.6. The number of ketones is 1. The van der Waals surface area contributed by atoms with Crippen LogP contribution in [0.3, 0.4) is 0 Å². The maximum absolute atomic E-state index is 12.9. The van der Waals surface area contributed by atoms with Gasteiger partial charge in [0.05, 0.1) is 29.5 Å². The second-order valence-corrected chi connectivity index (χ2v) is 10.8. The number of aromatic nitrogens is 1. The molecule has 3 aliphatic rings. The molecule has 1 atom stereocenters. The summed E-state index contributed by atoms with van der Waals surface area (Å²) >= 11 is 0. The first kappa shape index (κ1) is 23.7. The normalized spacial score (nSPS) is 22.2. The van der Waals surface area contributed by atoms with Crippen LogP contribution in [0.25, 0.3) is 0 Å². The minimum atomic E-state index is -0.305. The van der Waals surface area contributed by atoms with Crippen LogP contribution in [0, 0.1) is 17.2 Å². The van der Waals surface area contributed by atoms with Crippen molar-refractivity contribution >= 4 is 17.5 Å². The Morgan fingerprint density at radius 2 is 1.94 bits per heavy atom. The average molecular weight is 453 g/mol. The summed E-state index contributed by atoms with van der Waals surface area (Å²) in [6.45, 7) is 12.3. The number of carbonyl (C=O) groups excluding carboxylic acids is 2. The Bertz CT molecular complexity index is 990. The molecule has 0 aromatic carbocycles. The number of pyridine rings is 1. The van der Waals surface area contributed by atoms with Crippen molar-refractivity contribution < 1.29 is 14.3 Å². The molecule has 0 radical (unpaired) electrons. The highest BCUT2D eigenvalue weighted by atomic mass is 16.5. The maximum atomic E-state index is 12.9. The van der Waals surface area contributed by atoms with E-state index in [1.807, 2.05) is 4.90 Å². The van der Waals surface area contributed by atoms with E-state index in [1.54, 1.807) is 0 Å². The van der Waals surface area contributed by atoms with Gasteiger partial charge in [-0.3, -0.25) is 4.79 Å². The van der Waals surface area contributed by atoms with E-state index in [4.69, 9.17) is 9.72 Å². The van der Waals surface area contributed by atoms with Crippen molar-refractivity contribution in [2.24, 2.45) is 5.92 Å². The number of nitriles is 1. The number of fused-ring (bicyclic) bond motifs is 1. The van der Waals surface area contributed by atoms with E-state index < -0.39 is 0 Å². The minimum Gasteiger partial charge on any atom is -0.370 e. The molecule has 1 unspecified atom stereocenters. The molecule has 0 N–H and O–H groups in total. The lowest BCUT2D eigenvalue weighted by molar-refractivity contribution is -0.136. The number of hydrogen-bond acceptors (Lipinski definition) is 6. The van der Waals surface area contributed by atoms with Gasteiger partial charge in [0.1, 0.15) is 17.7 Å². The van der Waals surface area contributed by atoms with Gasteiger partial charge < -0.3 is 19.3 Å². The van der Waals surface area contributed by atoms with E-state index in [1.165, 1.54) is 6.92 Å². The molecule has 178 valence electrons. The van der Waals surface area contributed by atoms with Crippen LogP contribution in [0.2, 0.25) is 0 Å². The second kappa shape index (κ2) is 9.06. The highest BCUT2D eigenvalue weighted by Crippen LogP contribution is 2.46. The van der Waals surface area contributed by atoms with Crippen LogP contribution in [0.4, 0.5) is 5.82 Å². The molecule has 1 aromatic rings. The molecule has 3 heterocycles. The fourth-order valence-electron chi connectivity index (χ4n) is 5.13. The molecule has 4 rings (SSSR count). The molecule has 0 bridgehead atoms. The summed E-state index contributed by atoms with van der Waals surface area (Å²) in [6.07, 6.45) is 3.54. The van der Waals surface area contributed by atoms with E-state index >= 15 is 0 Å². The third-order valence-corrected chi connectivity index (χ3v) is 7.21. The van der Waals surface area contributed by atoms with Crippen LogP contribution >= 0.6 is 0 Å². The SMILES string of the molecule is CC(=O)CCC(=O)N1CCN(c2nc(C3CC3)c3c(c2C#N)CC(C)(C)OC3)CC1C(C)C. The van der Waals surface area contributed by atoms with E-state index in [-0.39, 0.29) is 42.1 Å². The highest BCUT2D eigenvalue weighted by molar-refractivity contribution is 5.84. The second-order valence-electron chi connectivity index (χ2n) is 10.8. The van der Waals surface area contributed by atoms with Crippen LogP contribution in [0.5, 0.6) is 0 Å². The summed E-state index contributed by atoms with van der Waals surface area (Å²) in [7, 11) is 0. The molecular weight excluding hydrogens is 416 g/mol. The average Bonchev–Trinajstić information content (AvgIpc) is 3.60. The van der Waals surface area contributed by atoms with E-state index in [9.17, 15) is 14.9 Å². The summed E-state index contributed by atoms with van der Waals surface area (Å²) < 4.78 is 6.09. The highest BCUT2D eigenvalue weighted by Gasteiger charge is 2.39. The molecule has 1 amide bonds. The molecule has 1 aliphatic carbocycles. The van der Waals surface area contributed by atoms with Crippen LogP contribution in [0.15, 0.2) is 0 Å². The summed E-state index contributed by atoms with van der Waals surface area (Å²) in [6, 6.07) is 2.50. The van der Waals surface area contributed by atoms with Gasteiger partial charge in [0.25, 0.3) is 0 Å². The smallest absolute Gasteiger partial charge is 0.223 e. The van der Waals surface area contributed by atoms with Gasteiger partial charge in [-0.1, -0.05) is 13.8 Å². The van der Waals surface area contributed by atoms with Crippen molar-refractivity contribution in [1.29, 1.82) is 5.26 Å². The maximum Gasteiger partial charge on any atom is 0.223 e. The number of amides is 1. The molecule has 1 saturated carbocycles. The summed E-state index contributed by atoms with van der Waals surface area (Å²) in [5.41, 5.74) is 3.69. The van der Waals surface area contributed by atoms with Crippen molar-refractivity contribution in [3.05, 3.63) is 22.4 Å². The number of piperazine rings is 1. The summed E-state index contributed by atoms with van der Waals surface area (Å²) in [5, 5.41) is 10.2.